The quantitative estimate of drug-likeness (QED) is 0.286. The third kappa shape index (κ3) is 15.0. The van der Waals surface area contributed by atoms with Crippen LogP contribution in [0.15, 0.2) is 12.5 Å². The fourth-order valence-electron chi connectivity index (χ4n) is 2.23. The van der Waals surface area contributed by atoms with Crippen molar-refractivity contribution in [1.29, 1.82) is 0 Å². The molecule has 0 fully saturated rings. The minimum Gasteiger partial charge on any atom is -0.464 e. The molecule has 0 saturated carbocycles. The smallest absolute Gasteiger partial charge is 0.272 e. The van der Waals surface area contributed by atoms with Crippen molar-refractivity contribution in [2.24, 2.45) is 0 Å². The summed E-state index contributed by atoms with van der Waals surface area (Å²) in [5, 5.41) is 14.4. The van der Waals surface area contributed by atoms with Crippen molar-refractivity contribution >= 4 is 11.8 Å². The zero-order valence-electron chi connectivity index (χ0n) is 17.3. The van der Waals surface area contributed by atoms with Gasteiger partial charge in [-0.25, -0.2) is 0 Å². The summed E-state index contributed by atoms with van der Waals surface area (Å²) in [7, 11) is 0. The van der Waals surface area contributed by atoms with E-state index in [9.17, 15) is 9.59 Å². The monoisotopic (exact) mass is 387 g/mol. The van der Waals surface area contributed by atoms with E-state index in [1.54, 1.807) is 4.90 Å². The van der Waals surface area contributed by atoms with Crippen LogP contribution in [0.1, 0.15) is 47.0 Å². The third-order valence-electron chi connectivity index (χ3n) is 3.37. The highest BCUT2D eigenvalue weighted by atomic mass is 16.7. The van der Waals surface area contributed by atoms with Gasteiger partial charge in [0.2, 0.25) is 11.8 Å². The number of nitrogens with one attached hydrogen (secondary N) is 2. The number of nitrogens with zero attached hydrogens (tertiary/aromatic N) is 1. The van der Waals surface area contributed by atoms with Crippen molar-refractivity contribution in [3.05, 3.63) is 12.5 Å². The minimum atomic E-state index is -0.378. The maximum absolute atomic E-state index is 12.4. The summed E-state index contributed by atoms with van der Waals surface area (Å²) in [6, 6.07) is 0. The van der Waals surface area contributed by atoms with Crippen LogP contribution in [0.25, 0.3) is 0 Å². The Morgan fingerprint density at radius 3 is 2.41 bits per heavy atom. The molecule has 8 heteroatoms. The van der Waals surface area contributed by atoms with Gasteiger partial charge in [-0.1, -0.05) is 6.92 Å². The summed E-state index contributed by atoms with van der Waals surface area (Å²) in [6.07, 6.45) is 1.14. The molecule has 0 bridgehead atoms. The molecule has 158 valence electrons. The van der Waals surface area contributed by atoms with Gasteiger partial charge in [0.05, 0.1) is 13.2 Å². The summed E-state index contributed by atoms with van der Waals surface area (Å²) >= 11 is 0. The topological polar surface area (TPSA) is 100 Å². The van der Waals surface area contributed by atoms with Crippen LogP contribution in [0, 0.1) is 0 Å². The van der Waals surface area contributed by atoms with Gasteiger partial charge in [0.25, 0.3) is 5.95 Å². The molecule has 0 saturated heterocycles. The fourth-order valence-corrected chi connectivity index (χ4v) is 2.23. The number of ether oxygens (including phenoxy) is 2. The van der Waals surface area contributed by atoms with Gasteiger partial charge in [0, 0.05) is 39.0 Å². The molecule has 0 spiro atoms. The molecular weight excluding hydrogens is 350 g/mol. The van der Waals surface area contributed by atoms with Gasteiger partial charge in [0.15, 0.2) is 0 Å². The van der Waals surface area contributed by atoms with Crippen LogP contribution in [-0.4, -0.2) is 73.4 Å². The van der Waals surface area contributed by atoms with Gasteiger partial charge >= 0.3 is 0 Å². The molecule has 0 rings (SSSR count). The summed E-state index contributed by atoms with van der Waals surface area (Å²) in [6.45, 7) is 14.4. The highest BCUT2D eigenvalue weighted by Gasteiger charge is 2.16. The second kappa shape index (κ2) is 14.3. The normalized spacial score (nSPS) is 11.0. The maximum Gasteiger partial charge on any atom is 0.272 e. The number of amides is 2. The first-order valence-electron chi connectivity index (χ1n) is 9.56. The number of aliphatic hydroxyl groups is 1. The molecule has 0 heterocycles. The molecule has 0 radical (unpaired) electrons. The first kappa shape index (κ1) is 25.2. The van der Waals surface area contributed by atoms with E-state index in [1.165, 1.54) is 0 Å². The Balaban J connectivity index is 4.12. The van der Waals surface area contributed by atoms with Crippen LogP contribution in [0.5, 0.6) is 0 Å². The van der Waals surface area contributed by atoms with Crippen molar-refractivity contribution in [1.82, 2.24) is 15.5 Å². The fraction of sp³-hybridized carbons (Fsp3) is 0.789. The van der Waals surface area contributed by atoms with E-state index in [2.05, 4.69) is 17.2 Å². The highest BCUT2D eigenvalue weighted by Crippen LogP contribution is 2.13. The Hall–Kier alpha value is -1.80. The average Bonchev–Trinajstić information content (AvgIpc) is 2.57. The van der Waals surface area contributed by atoms with Crippen molar-refractivity contribution in [2.75, 3.05) is 45.9 Å². The molecule has 27 heavy (non-hydrogen) atoms. The Kier molecular flexibility index (Phi) is 13.3. The van der Waals surface area contributed by atoms with E-state index in [0.717, 1.165) is 6.42 Å². The van der Waals surface area contributed by atoms with Gasteiger partial charge in [-0.15, -0.1) is 0 Å². The summed E-state index contributed by atoms with van der Waals surface area (Å²) in [4.78, 5) is 25.8. The zero-order chi connectivity index (χ0) is 20.7. The SMILES string of the molecule is C=C(OCCN(CCC)C(=O)CCC(=O)NCCNCCO)OC(C)(C)C. The molecule has 0 aromatic heterocycles. The predicted molar refractivity (Wildman–Crippen MR) is 105 cm³/mol. The van der Waals surface area contributed by atoms with Crippen molar-refractivity contribution in [3.63, 3.8) is 0 Å². The molecule has 0 aromatic rings. The van der Waals surface area contributed by atoms with Gasteiger partial charge in [-0.3, -0.25) is 9.59 Å². The number of hydrogen-bond donors (Lipinski definition) is 3. The zero-order valence-corrected chi connectivity index (χ0v) is 17.3. The van der Waals surface area contributed by atoms with Crippen LogP contribution in [0.2, 0.25) is 0 Å². The number of hydrogen-bond acceptors (Lipinski definition) is 6. The lowest BCUT2D eigenvalue weighted by atomic mass is 10.2. The van der Waals surface area contributed by atoms with Crippen LogP contribution < -0.4 is 10.6 Å². The molecule has 0 atom stereocenters. The summed E-state index contributed by atoms with van der Waals surface area (Å²) in [5.74, 6) is 0.00532. The number of aliphatic hydroxyl groups excluding tert-OH is 1. The molecule has 3 N–H and O–H groups in total. The average molecular weight is 388 g/mol. The van der Waals surface area contributed by atoms with Crippen LogP contribution in [-0.2, 0) is 19.1 Å². The molecule has 0 aliphatic heterocycles. The Bertz CT molecular complexity index is 449. The van der Waals surface area contributed by atoms with Gasteiger partial charge in [0.1, 0.15) is 12.2 Å². The van der Waals surface area contributed by atoms with Gasteiger partial charge in [-0.2, -0.15) is 0 Å². The van der Waals surface area contributed by atoms with Crippen LogP contribution in [0.3, 0.4) is 0 Å². The van der Waals surface area contributed by atoms with E-state index in [-0.39, 0.29) is 42.8 Å². The molecule has 0 aromatic carbocycles. The van der Waals surface area contributed by atoms with Crippen LogP contribution >= 0.6 is 0 Å². The highest BCUT2D eigenvalue weighted by molar-refractivity contribution is 5.83. The summed E-state index contributed by atoms with van der Waals surface area (Å²) in [5.41, 5.74) is -0.378. The maximum atomic E-state index is 12.4. The largest absolute Gasteiger partial charge is 0.464 e. The molecule has 2 amide bonds. The van der Waals surface area contributed by atoms with E-state index < -0.39 is 0 Å². The second-order valence-electron chi connectivity index (χ2n) is 7.14. The standard InChI is InChI=1S/C19H37N3O5/c1-6-12-22(13-15-26-16(2)27-19(3,4)5)18(25)8-7-17(24)21-10-9-20-11-14-23/h20,23H,2,6-15H2,1,3-5H3,(H,21,24). The molecule has 0 unspecified atom stereocenters. The van der Waals surface area contributed by atoms with Crippen LogP contribution in [0.4, 0.5) is 0 Å². The Morgan fingerprint density at radius 1 is 1.11 bits per heavy atom. The van der Waals surface area contributed by atoms with Crippen molar-refractivity contribution in [2.45, 2.75) is 52.6 Å². The van der Waals surface area contributed by atoms with Gasteiger partial charge in [-0.05, 0) is 33.8 Å². The van der Waals surface area contributed by atoms with E-state index in [0.29, 0.717) is 39.3 Å². The lowest BCUT2D eigenvalue weighted by Crippen LogP contribution is -2.36. The molecule has 0 aliphatic carbocycles. The number of rotatable bonds is 15. The first-order chi connectivity index (χ1) is 12.7. The predicted octanol–water partition coefficient (Wildman–Crippen LogP) is 1.01. The lowest BCUT2D eigenvalue weighted by molar-refractivity contribution is -0.134. The first-order valence-corrected chi connectivity index (χ1v) is 9.56. The lowest BCUT2D eigenvalue weighted by Gasteiger charge is -2.25. The number of carbonyl (C=O) groups excluding carboxylic acids is 2. The van der Waals surface area contributed by atoms with Crippen molar-refractivity contribution in [3.8, 4) is 0 Å². The Morgan fingerprint density at radius 2 is 1.81 bits per heavy atom. The van der Waals surface area contributed by atoms with Crippen molar-refractivity contribution < 1.29 is 24.2 Å². The minimum absolute atomic E-state index is 0.0646. The van der Waals surface area contributed by atoms with E-state index in [1.807, 2.05) is 27.7 Å². The van der Waals surface area contributed by atoms with E-state index in [4.69, 9.17) is 14.6 Å². The van der Waals surface area contributed by atoms with Gasteiger partial charge < -0.3 is 30.1 Å². The second-order valence-corrected chi connectivity index (χ2v) is 7.14. The van der Waals surface area contributed by atoms with E-state index >= 15 is 0 Å². The molecule has 0 aliphatic rings. The third-order valence-corrected chi connectivity index (χ3v) is 3.37. The Labute approximate surface area is 163 Å². The summed E-state index contributed by atoms with van der Waals surface area (Å²) < 4.78 is 10.9. The molecule has 8 nitrogen and oxygen atoms in total. The number of carbonyl (C=O) groups is 2. The molecular formula is C19H37N3O5.